The van der Waals surface area contributed by atoms with E-state index in [0.717, 1.165) is 9.17 Å². The Hall–Kier alpha value is -2.25. The van der Waals surface area contributed by atoms with Crippen molar-refractivity contribution in [3.63, 3.8) is 0 Å². The summed E-state index contributed by atoms with van der Waals surface area (Å²) in [5.74, 6) is -0.634. The molecule has 2 aromatic carbocycles. The number of amides is 1. The minimum absolute atomic E-state index is 0.232. The van der Waals surface area contributed by atoms with Crippen LogP contribution in [0, 0.1) is 0 Å². The van der Waals surface area contributed by atoms with Crippen LogP contribution in [0.15, 0.2) is 46.9 Å². The first kappa shape index (κ1) is 15.6. The molecule has 0 unspecified atom stereocenters. The van der Waals surface area contributed by atoms with Gasteiger partial charge in [0.1, 0.15) is 0 Å². The van der Waals surface area contributed by atoms with E-state index < -0.39 is 5.97 Å². The van der Waals surface area contributed by atoms with Gasteiger partial charge in [0.2, 0.25) is 0 Å². The van der Waals surface area contributed by atoms with Crippen LogP contribution in [0.25, 0.3) is 10.2 Å². The van der Waals surface area contributed by atoms with Gasteiger partial charge >= 0.3 is 5.97 Å². The Kier molecular flexibility index (Phi) is 4.40. The van der Waals surface area contributed by atoms with Gasteiger partial charge in [-0.1, -0.05) is 27.3 Å². The standard InChI is InChI=1S/C16H11BrN2O3S/c1-22-15(21)10-4-7-12-13(8-10)23-16(18-12)19-14(20)9-2-5-11(17)6-3-9/h2-8H,1H3,(H,18,19,20). The third-order valence-electron chi connectivity index (χ3n) is 3.14. The molecular formula is C16H11BrN2O3S. The second kappa shape index (κ2) is 6.47. The fourth-order valence-corrected chi connectivity index (χ4v) is 3.16. The predicted molar refractivity (Wildman–Crippen MR) is 93.1 cm³/mol. The normalized spacial score (nSPS) is 10.5. The Balaban J connectivity index is 1.84. The van der Waals surface area contributed by atoms with E-state index in [4.69, 9.17) is 4.74 Å². The number of carbonyl (C=O) groups excluding carboxylic acids is 2. The van der Waals surface area contributed by atoms with Gasteiger partial charge in [-0.15, -0.1) is 0 Å². The van der Waals surface area contributed by atoms with E-state index >= 15 is 0 Å². The fourth-order valence-electron chi connectivity index (χ4n) is 1.99. The molecule has 0 aliphatic heterocycles. The lowest BCUT2D eigenvalue weighted by molar-refractivity contribution is 0.0601. The van der Waals surface area contributed by atoms with Crippen LogP contribution in [0.2, 0.25) is 0 Å². The van der Waals surface area contributed by atoms with Crippen LogP contribution in [0.3, 0.4) is 0 Å². The van der Waals surface area contributed by atoms with Crippen LogP contribution in [0.5, 0.6) is 0 Å². The molecule has 1 aromatic heterocycles. The molecule has 1 amide bonds. The second-order valence-electron chi connectivity index (χ2n) is 4.65. The molecule has 0 atom stereocenters. The van der Waals surface area contributed by atoms with Crippen LogP contribution in [-0.4, -0.2) is 24.0 Å². The van der Waals surface area contributed by atoms with Gasteiger partial charge < -0.3 is 4.74 Å². The quantitative estimate of drug-likeness (QED) is 0.683. The third-order valence-corrected chi connectivity index (χ3v) is 4.60. The number of carbonyl (C=O) groups is 2. The lowest BCUT2D eigenvalue weighted by Gasteiger charge is -2.01. The van der Waals surface area contributed by atoms with E-state index in [1.807, 2.05) is 0 Å². The average molecular weight is 391 g/mol. The van der Waals surface area contributed by atoms with Crippen molar-refractivity contribution in [1.29, 1.82) is 0 Å². The van der Waals surface area contributed by atoms with Gasteiger partial charge in [-0.25, -0.2) is 9.78 Å². The first-order chi connectivity index (χ1) is 11.1. The van der Waals surface area contributed by atoms with Crippen LogP contribution < -0.4 is 5.32 Å². The molecule has 5 nitrogen and oxygen atoms in total. The van der Waals surface area contributed by atoms with Crippen molar-refractivity contribution in [2.24, 2.45) is 0 Å². The molecule has 0 aliphatic carbocycles. The molecule has 0 radical (unpaired) electrons. The van der Waals surface area contributed by atoms with E-state index in [2.05, 4.69) is 26.2 Å². The first-order valence-electron chi connectivity index (χ1n) is 6.62. The molecule has 0 fully saturated rings. The number of nitrogens with one attached hydrogen (secondary N) is 1. The van der Waals surface area contributed by atoms with E-state index in [1.165, 1.54) is 18.4 Å². The van der Waals surface area contributed by atoms with Crippen molar-refractivity contribution in [1.82, 2.24) is 4.98 Å². The number of anilines is 1. The van der Waals surface area contributed by atoms with Gasteiger partial charge in [0.15, 0.2) is 5.13 Å². The van der Waals surface area contributed by atoms with Gasteiger partial charge in [0.25, 0.3) is 5.91 Å². The summed E-state index contributed by atoms with van der Waals surface area (Å²) in [6, 6.07) is 12.1. The number of nitrogens with zero attached hydrogens (tertiary/aromatic N) is 1. The number of hydrogen-bond donors (Lipinski definition) is 1. The van der Waals surface area contributed by atoms with Gasteiger partial charge in [0, 0.05) is 10.0 Å². The van der Waals surface area contributed by atoms with Crippen molar-refractivity contribution in [2.75, 3.05) is 12.4 Å². The van der Waals surface area contributed by atoms with Gasteiger partial charge in [-0.05, 0) is 42.5 Å². The Labute approximate surface area is 144 Å². The number of hydrogen-bond acceptors (Lipinski definition) is 5. The predicted octanol–water partition coefficient (Wildman–Crippen LogP) is 4.10. The number of benzene rings is 2. The monoisotopic (exact) mass is 390 g/mol. The zero-order valence-corrected chi connectivity index (χ0v) is 14.4. The number of rotatable bonds is 3. The lowest BCUT2D eigenvalue weighted by atomic mass is 10.2. The zero-order valence-electron chi connectivity index (χ0n) is 12.0. The van der Waals surface area contributed by atoms with E-state index in [-0.39, 0.29) is 5.91 Å². The topological polar surface area (TPSA) is 68.3 Å². The van der Waals surface area contributed by atoms with Gasteiger partial charge in [0.05, 0.1) is 22.9 Å². The van der Waals surface area contributed by atoms with Gasteiger partial charge in [-0.3, -0.25) is 10.1 Å². The molecule has 0 aliphatic rings. The summed E-state index contributed by atoms with van der Waals surface area (Å²) in [7, 11) is 1.34. The van der Waals surface area contributed by atoms with Crippen LogP contribution in [-0.2, 0) is 4.74 Å². The minimum atomic E-state index is -0.402. The van der Waals surface area contributed by atoms with E-state index in [1.54, 1.807) is 42.5 Å². The van der Waals surface area contributed by atoms with Crippen molar-refractivity contribution in [2.45, 2.75) is 0 Å². The highest BCUT2D eigenvalue weighted by Crippen LogP contribution is 2.27. The number of esters is 1. The van der Waals surface area contributed by atoms with Crippen LogP contribution in [0.1, 0.15) is 20.7 Å². The van der Waals surface area contributed by atoms with Crippen molar-refractivity contribution in [3.05, 3.63) is 58.1 Å². The number of thiazole rings is 1. The SMILES string of the molecule is COC(=O)c1ccc2nc(NC(=O)c3ccc(Br)cc3)sc2c1. The second-order valence-corrected chi connectivity index (χ2v) is 6.60. The smallest absolute Gasteiger partial charge is 0.337 e. The Morgan fingerprint density at radius 3 is 2.52 bits per heavy atom. The summed E-state index contributed by atoms with van der Waals surface area (Å²) in [6.07, 6.45) is 0. The van der Waals surface area contributed by atoms with Crippen LogP contribution in [0.4, 0.5) is 5.13 Å². The molecule has 1 N–H and O–H groups in total. The molecule has 0 saturated carbocycles. The summed E-state index contributed by atoms with van der Waals surface area (Å²) in [6.45, 7) is 0. The van der Waals surface area contributed by atoms with Crippen molar-refractivity contribution >= 4 is 54.5 Å². The average Bonchev–Trinajstić information content (AvgIpc) is 2.95. The molecule has 0 spiro atoms. The highest BCUT2D eigenvalue weighted by Gasteiger charge is 2.12. The zero-order chi connectivity index (χ0) is 16.4. The largest absolute Gasteiger partial charge is 0.465 e. The highest BCUT2D eigenvalue weighted by atomic mass is 79.9. The van der Waals surface area contributed by atoms with E-state index in [0.29, 0.717) is 21.8 Å². The summed E-state index contributed by atoms with van der Waals surface area (Å²) in [5, 5.41) is 3.25. The molecule has 23 heavy (non-hydrogen) atoms. The Morgan fingerprint density at radius 2 is 1.83 bits per heavy atom. The number of fused-ring (bicyclic) bond motifs is 1. The highest BCUT2D eigenvalue weighted by molar-refractivity contribution is 9.10. The molecule has 7 heteroatoms. The molecule has 1 heterocycles. The Morgan fingerprint density at radius 1 is 1.13 bits per heavy atom. The summed E-state index contributed by atoms with van der Waals surface area (Å²) >= 11 is 4.63. The van der Waals surface area contributed by atoms with E-state index in [9.17, 15) is 9.59 Å². The molecule has 3 aromatic rings. The molecule has 3 rings (SSSR count). The summed E-state index contributed by atoms with van der Waals surface area (Å²) < 4.78 is 6.41. The Bertz CT molecular complexity index is 890. The number of halogens is 1. The molecule has 116 valence electrons. The molecular weight excluding hydrogens is 380 g/mol. The summed E-state index contributed by atoms with van der Waals surface area (Å²) in [5.41, 5.74) is 1.71. The lowest BCUT2D eigenvalue weighted by Crippen LogP contribution is -2.11. The van der Waals surface area contributed by atoms with Gasteiger partial charge in [-0.2, -0.15) is 0 Å². The van der Waals surface area contributed by atoms with Crippen molar-refractivity contribution in [3.8, 4) is 0 Å². The minimum Gasteiger partial charge on any atom is -0.465 e. The van der Waals surface area contributed by atoms with Crippen molar-refractivity contribution < 1.29 is 14.3 Å². The molecule has 0 saturated heterocycles. The number of aromatic nitrogens is 1. The third kappa shape index (κ3) is 3.40. The molecule has 0 bridgehead atoms. The summed E-state index contributed by atoms with van der Waals surface area (Å²) in [4.78, 5) is 28.1. The van der Waals surface area contributed by atoms with Crippen LogP contribution >= 0.6 is 27.3 Å². The maximum Gasteiger partial charge on any atom is 0.337 e. The first-order valence-corrected chi connectivity index (χ1v) is 8.23. The number of methoxy groups -OCH3 is 1. The fraction of sp³-hybridized carbons (Fsp3) is 0.0625. The maximum absolute atomic E-state index is 12.2. The maximum atomic E-state index is 12.2. The number of ether oxygens (including phenoxy) is 1.